The average Bonchev–Trinajstić information content (AvgIpc) is 2.15. The van der Waals surface area contributed by atoms with E-state index in [0.29, 0.717) is 0 Å². The first kappa shape index (κ1) is 10.5. The fourth-order valence-corrected chi connectivity index (χ4v) is 1.87. The maximum absolute atomic E-state index is 11.0. The number of carbonyl (C=O) groups is 1. The van der Waals surface area contributed by atoms with E-state index >= 15 is 0 Å². The van der Waals surface area contributed by atoms with Crippen molar-refractivity contribution in [2.24, 2.45) is 11.7 Å². The largest absolute Gasteiger partial charge is 0.369 e. The number of piperidine rings is 1. The van der Waals surface area contributed by atoms with Crippen molar-refractivity contribution in [2.75, 3.05) is 19.6 Å². The van der Waals surface area contributed by atoms with Crippen molar-refractivity contribution in [3.05, 3.63) is 0 Å². The first-order valence-corrected chi connectivity index (χ1v) is 5.25. The Morgan fingerprint density at radius 1 is 1.62 bits per heavy atom. The molecular formula is C10H20N2O. The number of hydrogen-bond donors (Lipinski definition) is 1. The summed E-state index contributed by atoms with van der Waals surface area (Å²) >= 11 is 0. The Hall–Kier alpha value is -0.570. The molecule has 0 aliphatic carbocycles. The highest BCUT2D eigenvalue weighted by Gasteiger charge is 2.22. The second kappa shape index (κ2) is 5.22. The van der Waals surface area contributed by atoms with E-state index in [0.717, 1.165) is 32.5 Å². The van der Waals surface area contributed by atoms with Gasteiger partial charge in [0, 0.05) is 6.54 Å². The van der Waals surface area contributed by atoms with E-state index < -0.39 is 0 Å². The standard InChI is InChI=1S/C10H20N2O/c1-2-3-6-12-7-4-5-9(8-12)10(11)13/h9H,2-8H2,1H3,(H2,11,13). The van der Waals surface area contributed by atoms with Crippen LogP contribution in [-0.4, -0.2) is 30.4 Å². The van der Waals surface area contributed by atoms with Crippen LogP contribution < -0.4 is 5.73 Å². The van der Waals surface area contributed by atoms with Crippen LogP contribution in [0.2, 0.25) is 0 Å². The van der Waals surface area contributed by atoms with E-state index in [1.807, 2.05) is 0 Å². The Kier molecular flexibility index (Phi) is 4.22. The third kappa shape index (κ3) is 3.35. The molecule has 2 N–H and O–H groups in total. The van der Waals surface area contributed by atoms with Gasteiger partial charge in [0.1, 0.15) is 0 Å². The number of nitrogens with two attached hydrogens (primary N) is 1. The molecule has 1 rings (SSSR count). The first-order chi connectivity index (χ1) is 6.24. The van der Waals surface area contributed by atoms with Gasteiger partial charge in [-0.25, -0.2) is 0 Å². The number of rotatable bonds is 4. The third-order valence-electron chi connectivity index (χ3n) is 2.74. The maximum atomic E-state index is 11.0. The summed E-state index contributed by atoms with van der Waals surface area (Å²) in [6, 6.07) is 0. The van der Waals surface area contributed by atoms with E-state index in [4.69, 9.17) is 5.73 Å². The van der Waals surface area contributed by atoms with Gasteiger partial charge in [-0.15, -0.1) is 0 Å². The topological polar surface area (TPSA) is 46.3 Å². The molecule has 3 heteroatoms. The molecule has 1 heterocycles. The zero-order valence-corrected chi connectivity index (χ0v) is 8.46. The van der Waals surface area contributed by atoms with E-state index in [1.165, 1.54) is 12.8 Å². The van der Waals surface area contributed by atoms with Crippen molar-refractivity contribution >= 4 is 5.91 Å². The molecule has 1 fully saturated rings. The summed E-state index contributed by atoms with van der Waals surface area (Å²) in [5.74, 6) is -0.0215. The summed E-state index contributed by atoms with van der Waals surface area (Å²) in [5.41, 5.74) is 5.29. The van der Waals surface area contributed by atoms with Crippen molar-refractivity contribution in [3.63, 3.8) is 0 Å². The highest BCUT2D eigenvalue weighted by Crippen LogP contribution is 2.16. The van der Waals surface area contributed by atoms with Crippen LogP contribution in [0.4, 0.5) is 0 Å². The number of nitrogens with zero attached hydrogens (tertiary/aromatic N) is 1. The van der Waals surface area contributed by atoms with Crippen LogP contribution in [0, 0.1) is 5.92 Å². The van der Waals surface area contributed by atoms with E-state index in [1.54, 1.807) is 0 Å². The zero-order valence-electron chi connectivity index (χ0n) is 8.46. The molecule has 0 aromatic carbocycles. The Morgan fingerprint density at radius 3 is 3.00 bits per heavy atom. The van der Waals surface area contributed by atoms with E-state index in [-0.39, 0.29) is 11.8 Å². The van der Waals surface area contributed by atoms with Gasteiger partial charge < -0.3 is 10.6 Å². The van der Waals surface area contributed by atoms with Gasteiger partial charge in [0.25, 0.3) is 0 Å². The van der Waals surface area contributed by atoms with Gasteiger partial charge in [-0.05, 0) is 32.4 Å². The summed E-state index contributed by atoms with van der Waals surface area (Å²) in [6.45, 7) is 5.34. The summed E-state index contributed by atoms with van der Waals surface area (Å²) in [4.78, 5) is 13.3. The average molecular weight is 184 g/mol. The molecule has 0 radical (unpaired) electrons. The third-order valence-corrected chi connectivity index (χ3v) is 2.74. The lowest BCUT2D eigenvalue weighted by Gasteiger charge is -2.30. The molecule has 1 unspecified atom stereocenters. The molecule has 1 aliphatic heterocycles. The van der Waals surface area contributed by atoms with Crippen LogP contribution >= 0.6 is 0 Å². The Balaban J connectivity index is 2.29. The van der Waals surface area contributed by atoms with Crippen LogP contribution in [-0.2, 0) is 4.79 Å². The van der Waals surface area contributed by atoms with Gasteiger partial charge in [0.15, 0.2) is 0 Å². The van der Waals surface area contributed by atoms with Crippen molar-refractivity contribution in [2.45, 2.75) is 32.6 Å². The van der Waals surface area contributed by atoms with Crippen molar-refractivity contribution in [1.29, 1.82) is 0 Å². The van der Waals surface area contributed by atoms with E-state index in [9.17, 15) is 4.79 Å². The summed E-state index contributed by atoms with van der Waals surface area (Å²) in [7, 11) is 0. The smallest absolute Gasteiger partial charge is 0.221 e. The van der Waals surface area contributed by atoms with Gasteiger partial charge in [-0.2, -0.15) is 0 Å². The lowest BCUT2D eigenvalue weighted by atomic mass is 9.97. The highest BCUT2D eigenvalue weighted by atomic mass is 16.1. The number of unbranched alkanes of at least 4 members (excludes halogenated alkanes) is 1. The molecule has 3 nitrogen and oxygen atoms in total. The fourth-order valence-electron chi connectivity index (χ4n) is 1.87. The maximum Gasteiger partial charge on any atom is 0.221 e. The summed E-state index contributed by atoms with van der Waals surface area (Å²) in [6.07, 6.45) is 4.55. The predicted molar refractivity (Wildman–Crippen MR) is 53.3 cm³/mol. The fraction of sp³-hybridized carbons (Fsp3) is 0.900. The molecule has 1 atom stereocenters. The lowest BCUT2D eigenvalue weighted by molar-refractivity contribution is -0.123. The van der Waals surface area contributed by atoms with Gasteiger partial charge in [0.2, 0.25) is 5.91 Å². The minimum atomic E-state index is -0.124. The molecule has 13 heavy (non-hydrogen) atoms. The Morgan fingerprint density at radius 2 is 2.38 bits per heavy atom. The van der Waals surface area contributed by atoms with Crippen LogP contribution in [0.5, 0.6) is 0 Å². The SMILES string of the molecule is CCCCN1CCCC(C(N)=O)C1. The summed E-state index contributed by atoms with van der Waals surface area (Å²) < 4.78 is 0. The van der Waals surface area contributed by atoms with Crippen LogP contribution in [0.1, 0.15) is 32.6 Å². The molecular weight excluding hydrogens is 164 g/mol. The molecule has 0 bridgehead atoms. The molecule has 1 aliphatic rings. The second-order valence-corrected chi connectivity index (χ2v) is 3.90. The number of primary amides is 1. The van der Waals surface area contributed by atoms with Gasteiger partial charge in [-0.1, -0.05) is 13.3 Å². The van der Waals surface area contributed by atoms with Gasteiger partial charge in [0.05, 0.1) is 5.92 Å². The first-order valence-electron chi connectivity index (χ1n) is 5.25. The second-order valence-electron chi connectivity index (χ2n) is 3.90. The molecule has 0 aromatic rings. The molecule has 1 saturated heterocycles. The van der Waals surface area contributed by atoms with Crippen LogP contribution in [0.25, 0.3) is 0 Å². The zero-order chi connectivity index (χ0) is 9.68. The minimum absolute atomic E-state index is 0.102. The van der Waals surface area contributed by atoms with Crippen LogP contribution in [0.15, 0.2) is 0 Å². The van der Waals surface area contributed by atoms with Gasteiger partial charge in [-0.3, -0.25) is 4.79 Å². The quantitative estimate of drug-likeness (QED) is 0.708. The molecule has 0 spiro atoms. The molecule has 76 valence electrons. The van der Waals surface area contributed by atoms with Crippen LogP contribution in [0.3, 0.4) is 0 Å². The number of amides is 1. The van der Waals surface area contributed by atoms with E-state index in [2.05, 4.69) is 11.8 Å². The Bertz CT molecular complexity index is 170. The Labute approximate surface area is 80.3 Å². The lowest BCUT2D eigenvalue weighted by Crippen LogP contribution is -2.41. The highest BCUT2D eigenvalue weighted by molar-refractivity contribution is 5.76. The number of carbonyl (C=O) groups excluding carboxylic acids is 1. The molecule has 0 saturated carbocycles. The molecule has 1 amide bonds. The summed E-state index contributed by atoms with van der Waals surface area (Å²) in [5, 5.41) is 0. The van der Waals surface area contributed by atoms with Gasteiger partial charge >= 0.3 is 0 Å². The predicted octanol–water partition coefficient (Wildman–Crippen LogP) is 0.984. The molecule has 0 aromatic heterocycles. The van der Waals surface area contributed by atoms with Crippen molar-refractivity contribution in [3.8, 4) is 0 Å². The minimum Gasteiger partial charge on any atom is -0.369 e. The number of hydrogen-bond acceptors (Lipinski definition) is 2. The number of likely N-dealkylation sites (tertiary alicyclic amines) is 1. The monoisotopic (exact) mass is 184 g/mol. The van der Waals surface area contributed by atoms with Crippen molar-refractivity contribution < 1.29 is 4.79 Å². The van der Waals surface area contributed by atoms with Crippen molar-refractivity contribution in [1.82, 2.24) is 4.90 Å². The normalized spacial score (nSPS) is 24.5.